The molecule has 0 radical (unpaired) electrons. The van der Waals surface area contributed by atoms with E-state index in [9.17, 15) is 9.18 Å². The molecule has 0 saturated carbocycles. The average Bonchev–Trinajstić information content (AvgIpc) is 3.14. The van der Waals surface area contributed by atoms with Crippen LogP contribution in [0, 0.1) is 12.7 Å². The maximum Gasteiger partial charge on any atom is 0.242 e. The highest BCUT2D eigenvalue weighted by Crippen LogP contribution is 2.29. The molecule has 0 spiro atoms. The Morgan fingerprint density at radius 2 is 1.93 bits per heavy atom. The lowest BCUT2D eigenvalue weighted by Gasteiger charge is -2.36. The van der Waals surface area contributed by atoms with Gasteiger partial charge in [0.2, 0.25) is 5.91 Å². The lowest BCUT2D eigenvalue weighted by atomic mass is 10.2. The second-order valence-electron chi connectivity index (χ2n) is 7.15. The standard InChI is InChI=1S/C21H23FN4OS/c1-15-5-3-6-16(13-15)25-9-11-26(12-10-25)19(27)14-24(2)21-23-20-17(22)7-4-8-18(20)28-21/h3-8,13H,9-12,14H2,1-2H3. The molecule has 0 aliphatic carbocycles. The summed E-state index contributed by atoms with van der Waals surface area (Å²) in [7, 11) is 1.83. The lowest BCUT2D eigenvalue weighted by molar-refractivity contribution is -0.129. The molecule has 2 heterocycles. The van der Waals surface area contributed by atoms with Crippen LogP contribution in [0.4, 0.5) is 15.2 Å². The van der Waals surface area contributed by atoms with Crippen LogP contribution in [0.25, 0.3) is 10.2 Å². The average molecular weight is 399 g/mol. The maximum absolute atomic E-state index is 13.9. The first kappa shape index (κ1) is 18.7. The molecule has 0 bridgehead atoms. The molecular weight excluding hydrogens is 375 g/mol. The minimum Gasteiger partial charge on any atom is -0.368 e. The number of likely N-dealkylation sites (N-methyl/N-ethyl adjacent to an activating group) is 1. The van der Waals surface area contributed by atoms with Gasteiger partial charge >= 0.3 is 0 Å². The van der Waals surface area contributed by atoms with Crippen molar-refractivity contribution in [2.75, 3.05) is 49.6 Å². The summed E-state index contributed by atoms with van der Waals surface area (Å²) in [5.74, 6) is -0.252. The zero-order valence-corrected chi connectivity index (χ0v) is 16.9. The summed E-state index contributed by atoms with van der Waals surface area (Å²) in [6.07, 6.45) is 0. The summed E-state index contributed by atoms with van der Waals surface area (Å²) < 4.78 is 14.7. The Hall–Kier alpha value is -2.67. The molecule has 28 heavy (non-hydrogen) atoms. The summed E-state index contributed by atoms with van der Waals surface area (Å²) in [6.45, 7) is 5.39. The summed E-state index contributed by atoms with van der Waals surface area (Å²) in [5, 5.41) is 0.659. The molecule has 146 valence electrons. The van der Waals surface area contributed by atoms with Crippen molar-refractivity contribution < 1.29 is 9.18 Å². The lowest BCUT2D eigenvalue weighted by Crippen LogP contribution is -2.51. The van der Waals surface area contributed by atoms with Gasteiger partial charge < -0.3 is 14.7 Å². The van der Waals surface area contributed by atoms with Gasteiger partial charge in [-0.3, -0.25) is 4.79 Å². The van der Waals surface area contributed by atoms with Crippen molar-refractivity contribution in [2.45, 2.75) is 6.92 Å². The first-order valence-corrected chi connectivity index (χ1v) is 10.2. The number of carbonyl (C=O) groups excluding carboxylic acids is 1. The number of para-hydroxylation sites is 1. The molecule has 0 unspecified atom stereocenters. The molecular formula is C21H23FN4OS. The zero-order chi connectivity index (χ0) is 19.7. The first-order chi connectivity index (χ1) is 13.5. The number of thiazole rings is 1. The molecule has 4 rings (SSSR count). The highest BCUT2D eigenvalue weighted by molar-refractivity contribution is 7.22. The summed E-state index contributed by atoms with van der Waals surface area (Å²) in [5.41, 5.74) is 2.82. The van der Waals surface area contributed by atoms with Crippen LogP contribution < -0.4 is 9.80 Å². The molecule has 1 aliphatic rings. The number of anilines is 2. The molecule has 1 fully saturated rings. The van der Waals surface area contributed by atoms with Crippen molar-refractivity contribution in [3.63, 3.8) is 0 Å². The fraction of sp³-hybridized carbons (Fsp3) is 0.333. The van der Waals surface area contributed by atoms with Gasteiger partial charge in [0.15, 0.2) is 5.13 Å². The van der Waals surface area contributed by atoms with Crippen molar-refractivity contribution in [3.05, 3.63) is 53.8 Å². The third-order valence-corrected chi connectivity index (χ3v) is 6.19. The number of aromatic nitrogens is 1. The predicted molar refractivity (Wildman–Crippen MR) is 113 cm³/mol. The van der Waals surface area contributed by atoms with Crippen LogP contribution in [0.1, 0.15) is 5.56 Å². The summed E-state index contributed by atoms with van der Waals surface area (Å²) in [6, 6.07) is 13.4. The second-order valence-corrected chi connectivity index (χ2v) is 8.16. The van der Waals surface area contributed by atoms with Gasteiger partial charge in [-0.25, -0.2) is 9.37 Å². The number of hydrogen-bond acceptors (Lipinski definition) is 5. The van der Waals surface area contributed by atoms with Crippen LogP contribution in [0.15, 0.2) is 42.5 Å². The van der Waals surface area contributed by atoms with Gasteiger partial charge in [-0.1, -0.05) is 29.5 Å². The fourth-order valence-corrected chi connectivity index (χ4v) is 4.42. The molecule has 3 aromatic rings. The zero-order valence-electron chi connectivity index (χ0n) is 16.1. The minimum absolute atomic E-state index is 0.0751. The highest BCUT2D eigenvalue weighted by atomic mass is 32.1. The Kier molecular flexibility index (Phi) is 5.17. The molecule has 0 N–H and O–H groups in total. The molecule has 5 nitrogen and oxygen atoms in total. The van der Waals surface area contributed by atoms with Crippen LogP contribution in [0.5, 0.6) is 0 Å². The summed E-state index contributed by atoms with van der Waals surface area (Å²) in [4.78, 5) is 23.1. The molecule has 2 aromatic carbocycles. The van der Waals surface area contributed by atoms with Gasteiger partial charge in [0, 0.05) is 38.9 Å². The van der Waals surface area contributed by atoms with E-state index in [1.54, 1.807) is 11.0 Å². The number of amides is 1. The Morgan fingerprint density at radius 3 is 2.64 bits per heavy atom. The Bertz CT molecular complexity index is 997. The van der Waals surface area contributed by atoms with E-state index in [1.807, 2.05) is 18.0 Å². The fourth-order valence-electron chi connectivity index (χ4n) is 3.48. The predicted octanol–water partition coefficient (Wildman–Crippen LogP) is 3.53. The van der Waals surface area contributed by atoms with Crippen molar-refractivity contribution in [3.8, 4) is 0 Å². The van der Waals surface area contributed by atoms with Crippen LogP contribution in [0.3, 0.4) is 0 Å². The first-order valence-electron chi connectivity index (χ1n) is 9.37. The number of carbonyl (C=O) groups is 1. The van der Waals surface area contributed by atoms with Gasteiger partial charge in [-0.2, -0.15) is 0 Å². The van der Waals surface area contributed by atoms with Crippen molar-refractivity contribution in [2.24, 2.45) is 0 Å². The molecule has 1 amide bonds. The normalized spacial score (nSPS) is 14.5. The summed E-state index contributed by atoms with van der Waals surface area (Å²) >= 11 is 1.40. The third kappa shape index (κ3) is 3.80. The number of rotatable bonds is 4. The Balaban J connectivity index is 1.36. The van der Waals surface area contributed by atoms with Gasteiger partial charge in [-0.05, 0) is 36.8 Å². The van der Waals surface area contributed by atoms with E-state index in [4.69, 9.17) is 0 Å². The minimum atomic E-state index is -0.327. The monoisotopic (exact) mass is 398 g/mol. The SMILES string of the molecule is Cc1cccc(N2CCN(C(=O)CN(C)c3nc4c(F)cccc4s3)CC2)c1. The highest BCUT2D eigenvalue weighted by Gasteiger charge is 2.23. The number of fused-ring (bicyclic) bond motifs is 1. The smallest absolute Gasteiger partial charge is 0.242 e. The van der Waals surface area contributed by atoms with E-state index < -0.39 is 0 Å². The van der Waals surface area contributed by atoms with E-state index in [0.717, 1.165) is 17.8 Å². The number of aryl methyl sites for hydroxylation is 1. The molecule has 0 atom stereocenters. The van der Waals surface area contributed by atoms with Crippen molar-refractivity contribution in [1.82, 2.24) is 9.88 Å². The van der Waals surface area contributed by atoms with Gasteiger partial charge in [0.1, 0.15) is 11.3 Å². The molecule has 1 saturated heterocycles. The van der Waals surface area contributed by atoms with Crippen molar-refractivity contribution >= 4 is 38.3 Å². The molecule has 1 aliphatic heterocycles. The number of hydrogen-bond donors (Lipinski definition) is 0. The molecule has 7 heteroatoms. The second kappa shape index (κ2) is 7.75. The topological polar surface area (TPSA) is 39.7 Å². The number of nitrogens with zero attached hydrogens (tertiary/aromatic N) is 4. The van der Waals surface area contributed by atoms with E-state index in [0.29, 0.717) is 23.7 Å². The quantitative estimate of drug-likeness (QED) is 0.674. The van der Waals surface area contributed by atoms with E-state index in [1.165, 1.54) is 28.7 Å². The molecule has 1 aromatic heterocycles. The van der Waals surface area contributed by atoms with E-state index in [2.05, 4.69) is 41.1 Å². The van der Waals surface area contributed by atoms with Crippen molar-refractivity contribution in [1.29, 1.82) is 0 Å². The van der Waals surface area contributed by atoms with Crippen LogP contribution in [-0.2, 0) is 4.79 Å². The maximum atomic E-state index is 13.9. The third-order valence-electron chi connectivity index (χ3n) is 5.06. The van der Waals surface area contributed by atoms with Crippen LogP contribution in [0.2, 0.25) is 0 Å². The van der Waals surface area contributed by atoms with Crippen LogP contribution in [-0.4, -0.2) is 55.6 Å². The van der Waals surface area contributed by atoms with Gasteiger partial charge in [0.25, 0.3) is 0 Å². The number of halogens is 1. The Morgan fingerprint density at radius 1 is 1.18 bits per heavy atom. The van der Waals surface area contributed by atoms with Gasteiger partial charge in [0.05, 0.1) is 11.2 Å². The van der Waals surface area contributed by atoms with Gasteiger partial charge in [-0.15, -0.1) is 0 Å². The van der Waals surface area contributed by atoms with E-state index in [-0.39, 0.29) is 18.3 Å². The van der Waals surface area contributed by atoms with Crippen LogP contribution >= 0.6 is 11.3 Å². The number of benzene rings is 2. The Labute approximate surface area is 168 Å². The largest absolute Gasteiger partial charge is 0.368 e. The van der Waals surface area contributed by atoms with E-state index >= 15 is 0 Å². The number of piperazine rings is 1.